The molecule has 2 rings (SSSR count). The third kappa shape index (κ3) is 2.20. The molecule has 1 saturated heterocycles. The van der Waals surface area contributed by atoms with Gasteiger partial charge in [0.05, 0.1) is 6.54 Å². The van der Waals surface area contributed by atoms with Crippen molar-refractivity contribution in [1.29, 1.82) is 0 Å². The van der Waals surface area contributed by atoms with Gasteiger partial charge in [0.1, 0.15) is 17.9 Å². The van der Waals surface area contributed by atoms with Gasteiger partial charge in [-0.05, 0) is 33.6 Å². The standard InChI is InChI=1S/C12H21N2O2/c1-11(2,3)16-10(15)14-8-7-13(4)9-12(14)5-6-12/h4-9H2,1-3H3/q+1. The summed E-state index contributed by atoms with van der Waals surface area (Å²) in [6.07, 6.45) is 1.99. The van der Waals surface area contributed by atoms with E-state index in [4.69, 9.17) is 4.74 Å². The van der Waals surface area contributed by atoms with Gasteiger partial charge in [0, 0.05) is 0 Å². The largest absolute Gasteiger partial charge is 0.444 e. The first-order chi connectivity index (χ1) is 7.32. The van der Waals surface area contributed by atoms with Crippen LogP contribution in [0.15, 0.2) is 0 Å². The summed E-state index contributed by atoms with van der Waals surface area (Å²) >= 11 is 0. The van der Waals surface area contributed by atoms with Crippen molar-refractivity contribution in [3.8, 4) is 0 Å². The van der Waals surface area contributed by atoms with Crippen LogP contribution in [-0.2, 0) is 4.74 Å². The molecule has 0 N–H and O–H groups in total. The molecule has 4 nitrogen and oxygen atoms in total. The molecule has 1 spiro atoms. The van der Waals surface area contributed by atoms with Crippen LogP contribution in [0.1, 0.15) is 33.6 Å². The van der Waals surface area contributed by atoms with Gasteiger partial charge in [-0.15, -0.1) is 0 Å². The van der Waals surface area contributed by atoms with Gasteiger partial charge >= 0.3 is 6.09 Å². The summed E-state index contributed by atoms with van der Waals surface area (Å²) in [4.78, 5) is 13.9. The van der Waals surface area contributed by atoms with E-state index in [1.54, 1.807) is 0 Å². The van der Waals surface area contributed by atoms with E-state index < -0.39 is 5.60 Å². The molecule has 2 fully saturated rings. The second-order valence-corrected chi connectivity index (χ2v) is 5.91. The van der Waals surface area contributed by atoms with Crippen molar-refractivity contribution in [3.63, 3.8) is 0 Å². The van der Waals surface area contributed by atoms with Crippen molar-refractivity contribution in [1.82, 2.24) is 4.90 Å². The number of rotatable bonds is 0. The van der Waals surface area contributed by atoms with Gasteiger partial charge in [-0.3, -0.25) is 4.90 Å². The molecular formula is C12H21N2O2+. The Bertz CT molecular complexity index is 326. The molecule has 0 radical (unpaired) electrons. The highest BCUT2D eigenvalue weighted by Gasteiger charge is 2.56. The lowest BCUT2D eigenvalue weighted by molar-refractivity contribution is -0.540. The number of nitrogens with zero attached hydrogens (tertiary/aromatic N) is 2. The summed E-state index contributed by atoms with van der Waals surface area (Å²) in [6.45, 7) is 12.1. The summed E-state index contributed by atoms with van der Waals surface area (Å²) in [5.41, 5.74) is -0.378. The molecule has 16 heavy (non-hydrogen) atoms. The number of amides is 1. The van der Waals surface area contributed by atoms with Gasteiger partial charge in [0.2, 0.25) is 0 Å². The van der Waals surface area contributed by atoms with Gasteiger partial charge in [-0.25, -0.2) is 9.37 Å². The number of carbonyl (C=O) groups excluding carboxylic acids is 1. The lowest BCUT2D eigenvalue weighted by Crippen LogP contribution is -2.55. The van der Waals surface area contributed by atoms with Crippen LogP contribution in [-0.4, -0.2) is 53.1 Å². The minimum atomic E-state index is -0.408. The SMILES string of the molecule is C=[N+]1CCN(C(=O)OC(C)(C)C)C2(CC2)C1. The maximum atomic E-state index is 12.0. The van der Waals surface area contributed by atoms with Crippen LogP contribution in [0, 0.1) is 0 Å². The normalized spacial score (nSPS) is 23.4. The van der Waals surface area contributed by atoms with Gasteiger partial charge in [0.25, 0.3) is 0 Å². The highest BCUT2D eigenvalue weighted by Crippen LogP contribution is 2.43. The van der Waals surface area contributed by atoms with Crippen LogP contribution < -0.4 is 0 Å². The first-order valence-corrected chi connectivity index (χ1v) is 5.89. The van der Waals surface area contributed by atoms with E-state index in [-0.39, 0.29) is 11.6 Å². The smallest absolute Gasteiger partial charge is 0.411 e. The van der Waals surface area contributed by atoms with Crippen molar-refractivity contribution >= 4 is 12.8 Å². The quantitative estimate of drug-likeness (QED) is 0.585. The lowest BCUT2D eigenvalue weighted by atomic mass is 10.1. The van der Waals surface area contributed by atoms with E-state index in [1.165, 1.54) is 0 Å². The lowest BCUT2D eigenvalue weighted by Gasteiger charge is -2.35. The van der Waals surface area contributed by atoms with Crippen LogP contribution >= 0.6 is 0 Å². The topological polar surface area (TPSA) is 32.5 Å². The molecule has 4 heteroatoms. The molecule has 2 aliphatic rings. The second-order valence-electron chi connectivity index (χ2n) is 5.91. The van der Waals surface area contributed by atoms with Crippen LogP contribution in [0.2, 0.25) is 0 Å². The first kappa shape index (κ1) is 11.4. The van der Waals surface area contributed by atoms with Crippen LogP contribution in [0.25, 0.3) is 0 Å². The Morgan fingerprint density at radius 2 is 2.06 bits per heavy atom. The van der Waals surface area contributed by atoms with E-state index in [2.05, 4.69) is 6.72 Å². The molecule has 1 amide bonds. The molecule has 1 saturated carbocycles. The van der Waals surface area contributed by atoms with Crippen molar-refractivity contribution in [3.05, 3.63) is 0 Å². The fourth-order valence-electron chi connectivity index (χ4n) is 2.23. The zero-order valence-electron chi connectivity index (χ0n) is 10.5. The van der Waals surface area contributed by atoms with Gasteiger partial charge in [-0.1, -0.05) is 0 Å². The van der Waals surface area contributed by atoms with Gasteiger partial charge < -0.3 is 4.74 Å². The van der Waals surface area contributed by atoms with Crippen molar-refractivity contribution in [2.75, 3.05) is 19.6 Å². The highest BCUT2D eigenvalue weighted by molar-refractivity contribution is 5.70. The predicted octanol–water partition coefficient (Wildman–Crippen LogP) is 1.48. The van der Waals surface area contributed by atoms with E-state index in [0.717, 1.165) is 32.5 Å². The summed E-state index contributed by atoms with van der Waals surface area (Å²) in [7, 11) is 0. The molecule has 1 aliphatic heterocycles. The molecular weight excluding hydrogens is 204 g/mol. The van der Waals surface area contributed by atoms with Gasteiger partial charge in [0.15, 0.2) is 13.1 Å². The van der Waals surface area contributed by atoms with Crippen molar-refractivity contribution in [2.24, 2.45) is 0 Å². The maximum Gasteiger partial charge on any atom is 0.411 e. The number of carbonyl (C=O) groups is 1. The molecule has 0 unspecified atom stereocenters. The van der Waals surface area contributed by atoms with E-state index in [0.29, 0.717) is 0 Å². The molecule has 90 valence electrons. The second kappa shape index (κ2) is 3.47. The Hall–Kier alpha value is -1.06. The zero-order valence-corrected chi connectivity index (χ0v) is 10.5. The van der Waals surface area contributed by atoms with Crippen molar-refractivity contribution < 1.29 is 14.1 Å². The molecule has 0 aromatic rings. The molecule has 1 aliphatic carbocycles. The molecule has 0 bridgehead atoms. The molecule has 0 aromatic heterocycles. The van der Waals surface area contributed by atoms with Gasteiger partial charge in [-0.2, -0.15) is 0 Å². The fourth-order valence-corrected chi connectivity index (χ4v) is 2.23. The first-order valence-electron chi connectivity index (χ1n) is 5.89. The Balaban J connectivity index is 2.04. The molecule has 1 heterocycles. The Morgan fingerprint density at radius 1 is 1.44 bits per heavy atom. The van der Waals surface area contributed by atoms with E-state index in [9.17, 15) is 4.79 Å². The zero-order chi connectivity index (χ0) is 12.0. The predicted molar refractivity (Wildman–Crippen MR) is 62.0 cm³/mol. The van der Waals surface area contributed by atoms with Crippen LogP contribution in [0.3, 0.4) is 0 Å². The van der Waals surface area contributed by atoms with Crippen LogP contribution in [0.4, 0.5) is 4.79 Å². The molecule has 0 aromatic carbocycles. The Labute approximate surface area is 96.9 Å². The third-order valence-electron chi connectivity index (χ3n) is 3.17. The number of hydrogen-bond acceptors (Lipinski definition) is 2. The Morgan fingerprint density at radius 3 is 2.56 bits per heavy atom. The average molecular weight is 225 g/mol. The molecule has 0 atom stereocenters. The summed E-state index contributed by atoms with van der Waals surface area (Å²) in [5.74, 6) is 0. The maximum absolute atomic E-state index is 12.0. The van der Waals surface area contributed by atoms with Crippen LogP contribution in [0.5, 0.6) is 0 Å². The van der Waals surface area contributed by atoms with E-state index in [1.807, 2.05) is 30.2 Å². The minimum absolute atomic E-state index is 0.0301. The highest BCUT2D eigenvalue weighted by atomic mass is 16.6. The average Bonchev–Trinajstić information content (AvgIpc) is 2.81. The van der Waals surface area contributed by atoms with E-state index >= 15 is 0 Å². The third-order valence-corrected chi connectivity index (χ3v) is 3.17. The number of piperazine rings is 1. The monoisotopic (exact) mass is 225 g/mol. The number of ether oxygens (including phenoxy) is 1. The number of hydrogen-bond donors (Lipinski definition) is 0. The summed E-state index contributed by atoms with van der Waals surface area (Å²) in [6, 6.07) is 0. The minimum Gasteiger partial charge on any atom is -0.444 e. The Kier molecular flexibility index (Phi) is 2.48. The fraction of sp³-hybridized carbons (Fsp3) is 0.833. The van der Waals surface area contributed by atoms with Crippen molar-refractivity contribution in [2.45, 2.75) is 44.8 Å². The summed E-state index contributed by atoms with van der Waals surface area (Å²) < 4.78 is 7.49. The summed E-state index contributed by atoms with van der Waals surface area (Å²) in [5, 5.41) is 0.